The smallest absolute Gasteiger partial charge is 0.319 e. The van der Waals surface area contributed by atoms with Crippen molar-refractivity contribution >= 4 is 22.6 Å². The van der Waals surface area contributed by atoms with Crippen molar-refractivity contribution in [1.82, 2.24) is 15.1 Å². The highest BCUT2D eigenvalue weighted by Crippen LogP contribution is 2.34. The van der Waals surface area contributed by atoms with Crippen molar-refractivity contribution in [1.29, 1.82) is 0 Å². The standard InChI is InChI=1S/C28H30N4O/c1-28(2,3)21-13-14-22-20(16-21)12-15-25(22)30-27(33)29-24-10-7-11-26-23(24)18-32(31-26)17-19-8-5-4-6-9-19/h4-11,13-14,16,18,25H,12,15,17H2,1-3H3,(H2,29,30,33). The maximum atomic E-state index is 12.9. The molecule has 0 radical (unpaired) electrons. The molecule has 1 atom stereocenters. The van der Waals surface area contributed by atoms with Crippen LogP contribution in [0.4, 0.5) is 10.5 Å². The minimum Gasteiger partial charge on any atom is -0.331 e. The second-order valence-corrected chi connectivity index (χ2v) is 9.90. The highest BCUT2D eigenvalue weighted by molar-refractivity contribution is 6.00. The predicted octanol–water partition coefficient (Wildman–Crippen LogP) is 6.19. The van der Waals surface area contributed by atoms with Crippen LogP contribution in [0.1, 0.15) is 55.5 Å². The van der Waals surface area contributed by atoms with E-state index in [2.05, 4.69) is 66.8 Å². The van der Waals surface area contributed by atoms with Gasteiger partial charge >= 0.3 is 6.03 Å². The summed E-state index contributed by atoms with van der Waals surface area (Å²) >= 11 is 0. The van der Waals surface area contributed by atoms with Crippen molar-refractivity contribution < 1.29 is 4.79 Å². The van der Waals surface area contributed by atoms with Crippen LogP contribution in [0.5, 0.6) is 0 Å². The molecule has 33 heavy (non-hydrogen) atoms. The van der Waals surface area contributed by atoms with Crippen molar-refractivity contribution in [3.63, 3.8) is 0 Å². The zero-order valence-corrected chi connectivity index (χ0v) is 19.4. The second-order valence-electron chi connectivity index (χ2n) is 9.90. The summed E-state index contributed by atoms with van der Waals surface area (Å²) < 4.78 is 1.92. The fraction of sp³-hybridized carbons (Fsp3) is 0.286. The van der Waals surface area contributed by atoms with Crippen LogP contribution in [0, 0.1) is 0 Å². The van der Waals surface area contributed by atoms with Gasteiger partial charge in [-0.25, -0.2) is 4.79 Å². The van der Waals surface area contributed by atoms with Gasteiger partial charge in [0.25, 0.3) is 0 Å². The molecule has 168 valence electrons. The summed E-state index contributed by atoms with van der Waals surface area (Å²) in [4.78, 5) is 12.9. The number of aromatic nitrogens is 2. The Morgan fingerprint density at radius 3 is 2.67 bits per heavy atom. The summed E-state index contributed by atoms with van der Waals surface area (Å²) in [6.45, 7) is 7.39. The average Bonchev–Trinajstić information content (AvgIpc) is 3.38. The second kappa shape index (κ2) is 8.39. The van der Waals surface area contributed by atoms with Gasteiger partial charge in [-0.15, -0.1) is 0 Å². The van der Waals surface area contributed by atoms with Crippen molar-refractivity contribution in [2.24, 2.45) is 0 Å². The molecule has 1 heterocycles. The largest absolute Gasteiger partial charge is 0.331 e. The van der Waals surface area contributed by atoms with E-state index in [1.165, 1.54) is 22.3 Å². The topological polar surface area (TPSA) is 59.0 Å². The van der Waals surface area contributed by atoms with Crippen LogP contribution >= 0.6 is 0 Å². The van der Waals surface area contributed by atoms with Crippen LogP contribution in [0.3, 0.4) is 0 Å². The number of carbonyl (C=O) groups is 1. The van der Waals surface area contributed by atoms with E-state index in [1.807, 2.05) is 47.3 Å². The number of nitrogens with one attached hydrogen (secondary N) is 2. The number of hydrogen-bond donors (Lipinski definition) is 2. The molecule has 0 saturated heterocycles. The van der Waals surface area contributed by atoms with Crippen LogP contribution in [0.15, 0.2) is 72.9 Å². The lowest BCUT2D eigenvalue weighted by atomic mass is 9.85. The summed E-state index contributed by atoms with van der Waals surface area (Å²) in [5, 5.41) is 11.8. The van der Waals surface area contributed by atoms with E-state index in [9.17, 15) is 4.79 Å². The monoisotopic (exact) mass is 438 g/mol. The molecular formula is C28H30N4O. The first-order valence-electron chi connectivity index (χ1n) is 11.6. The molecule has 0 aliphatic heterocycles. The molecule has 0 bridgehead atoms. The van der Waals surface area contributed by atoms with Gasteiger partial charge in [0.1, 0.15) is 0 Å². The third-order valence-corrected chi connectivity index (χ3v) is 6.43. The number of carbonyl (C=O) groups excluding carboxylic acids is 1. The SMILES string of the molecule is CC(C)(C)c1ccc2c(c1)CCC2NC(=O)Nc1cccc2nn(Cc3ccccc3)cc12. The molecule has 1 unspecified atom stereocenters. The average molecular weight is 439 g/mol. The quantitative estimate of drug-likeness (QED) is 0.399. The van der Waals surface area contributed by atoms with Gasteiger partial charge in [-0.1, -0.05) is 75.4 Å². The van der Waals surface area contributed by atoms with E-state index in [-0.39, 0.29) is 17.5 Å². The predicted molar refractivity (Wildman–Crippen MR) is 134 cm³/mol. The van der Waals surface area contributed by atoms with Crippen molar-refractivity contribution in [2.75, 3.05) is 5.32 Å². The van der Waals surface area contributed by atoms with E-state index in [0.717, 1.165) is 29.4 Å². The Hall–Kier alpha value is -3.60. The maximum absolute atomic E-state index is 12.9. The van der Waals surface area contributed by atoms with Crippen LogP contribution < -0.4 is 10.6 Å². The van der Waals surface area contributed by atoms with Crippen LogP contribution in [0.2, 0.25) is 0 Å². The summed E-state index contributed by atoms with van der Waals surface area (Å²) in [6.07, 6.45) is 3.92. The molecule has 1 aliphatic carbocycles. The van der Waals surface area contributed by atoms with Crippen LogP contribution in [-0.2, 0) is 18.4 Å². The first kappa shape index (κ1) is 21.3. The van der Waals surface area contributed by atoms with Crippen LogP contribution in [0.25, 0.3) is 10.9 Å². The Labute approximate surface area is 194 Å². The summed E-state index contributed by atoms with van der Waals surface area (Å²) in [5.74, 6) is 0. The lowest BCUT2D eigenvalue weighted by Gasteiger charge is -2.21. The Kier molecular flexibility index (Phi) is 5.41. The van der Waals surface area contributed by atoms with Gasteiger partial charge in [-0.2, -0.15) is 5.10 Å². The molecule has 1 aliphatic rings. The number of anilines is 1. The Bertz CT molecular complexity index is 1300. The zero-order chi connectivity index (χ0) is 23.0. The summed E-state index contributed by atoms with van der Waals surface area (Å²) in [7, 11) is 0. The van der Waals surface area contributed by atoms with Crippen molar-refractivity contribution in [3.8, 4) is 0 Å². The highest BCUT2D eigenvalue weighted by Gasteiger charge is 2.26. The molecule has 3 aromatic carbocycles. The molecule has 4 aromatic rings. The van der Waals surface area contributed by atoms with Gasteiger partial charge in [0, 0.05) is 11.6 Å². The number of nitrogens with zero attached hydrogens (tertiary/aromatic N) is 2. The van der Waals surface area contributed by atoms with Crippen molar-refractivity contribution in [2.45, 2.75) is 51.6 Å². The number of fused-ring (bicyclic) bond motifs is 2. The fourth-order valence-electron chi connectivity index (χ4n) is 4.60. The first-order valence-corrected chi connectivity index (χ1v) is 11.6. The normalized spacial score (nSPS) is 15.4. The van der Waals surface area contributed by atoms with E-state index < -0.39 is 0 Å². The number of urea groups is 1. The van der Waals surface area contributed by atoms with Crippen molar-refractivity contribution in [3.05, 3.63) is 95.2 Å². The van der Waals surface area contributed by atoms with E-state index in [0.29, 0.717) is 6.54 Å². The molecule has 5 nitrogen and oxygen atoms in total. The zero-order valence-electron chi connectivity index (χ0n) is 19.4. The lowest BCUT2D eigenvalue weighted by Crippen LogP contribution is -2.31. The molecule has 2 N–H and O–H groups in total. The fourth-order valence-corrected chi connectivity index (χ4v) is 4.60. The van der Waals surface area contributed by atoms with Gasteiger partial charge in [-0.3, -0.25) is 4.68 Å². The minimum atomic E-state index is -0.184. The molecule has 5 rings (SSSR count). The van der Waals surface area contributed by atoms with Gasteiger partial charge < -0.3 is 10.6 Å². The third-order valence-electron chi connectivity index (χ3n) is 6.43. The highest BCUT2D eigenvalue weighted by atomic mass is 16.2. The van der Waals surface area contributed by atoms with Gasteiger partial charge in [-0.05, 0) is 52.6 Å². The lowest BCUT2D eigenvalue weighted by molar-refractivity contribution is 0.248. The molecular weight excluding hydrogens is 408 g/mol. The first-order chi connectivity index (χ1) is 15.9. The molecule has 0 spiro atoms. The number of aryl methyl sites for hydroxylation is 1. The third kappa shape index (κ3) is 4.49. The number of hydrogen-bond acceptors (Lipinski definition) is 2. The Morgan fingerprint density at radius 2 is 1.88 bits per heavy atom. The molecule has 0 saturated carbocycles. The van der Waals surface area contributed by atoms with Crippen LogP contribution in [-0.4, -0.2) is 15.8 Å². The number of benzene rings is 3. The summed E-state index contributed by atoms with van der Waals surface area (Å²) in [6, 6.07) is 22.6. The molecule has 0 fully saturated rings. The molecule has 2 amide bonds. The Balaban J connectivity index is 1.30. The maximum Gasteiger partial charge on any atom is 0.319 e. The van der Waals surface area contributed by atoms with E-state index in [4.69, 9.17) is 0 Å². The van der Waals surface area contributed by atoms with E-state index in [1.54, 1.807) is 0 Å². The molecule has 5 heteroatoms. The van der Waals surface area contributed by atoms with E-state index >= 15 is 0 Å². The molecule has 1 aromatic heterocycles. The van der Waals surface area contributed by atoms with Gasteiger partial charge in [0.05, 0.1) is 23.8 Å². The minimum absolute atomic E-state index is 0.0361. The summed E-state index contributed by atoms with van der Waals surface area (Å²) in [5.41, 5.74) is 6.86. The van der Waals surface area contributed by atoms with Gasteiger partial charge in [0.15, 0.2) is 0 Å². The Morgan fingerprint density at radius 1 is 1.06 bits per heavy atom. The number of amides is 2. The number of rotatable bonds is 4. The van der Waals surface area contributed by atoms with Gasteiger partial charge in [0.2, 0.25) is 0 Å².